The van der Waals surface area contributed by atoms with Gasteiger partial charge >= 0.3 is 0 Å². The number of Topliss-reactive ketones (excluding diaryl/α,β-unsaturated/α-hetero) is 1. The van der Waals surface area contributed by atoms with E-state index in [1.165, 1.54) is 12.0 Å². The maximum atomic E-state index is 13.2. The van der Waals surface area contributed by atoms with Crippen molar-refractivity contribution in [2.24, 2.45) is 0 Å². The summed E-state index contributed by atoms with van der Waals surface area (Å²) in [4.78, 5) is 27.7. The number of rotatable bonds is 8. The zero-order valence-electron chi connectivity index (χ0n) is 19.4. The second-order valence-electron chi connectivity index (χ2n) is 7.86. The fourth-order valence-electron chi connectivity index (χ4n) is 4.36. The average molecular weight is 462 g/mol. The van der Waals surface area contributed by atoms with Crippen LogP contribution in [0, 0.1) is 0 Å². The summed E-state index contributed by atoms with van der Waals surface area (Å²) < 4.78 is 16.3. The Morgan fingerprint density at radius 3 is 2.50 bits per heavy atom. The minimum Gasteiger partial charge on any atom is -0.507 e. The summed E-state index contributed by atoms with van der Waals surface area (Å²) in [6.07, 6.45) is 0. The van der Waals surface area contributed by atoms with Crippen molar-refractivity contribution in [1.82, 2.24) is 4.90 Å². The third-order valence-corrected chi connectivity index (χ3v) is 5.92. The molecule has 0 saturated carbocycles. The van der Waals surface area contributed by atoms with E-state index in [1.54, 1.807) is 31.4 Å². The van der Waals surface area contributed by atoms with E-state index in [1.807, 2.05) is 43.3 Å². The van der Waals surface area contributed by atoms with Gasteiger partial charge < -0.3 is 24.2 Å². The summed E-state index contributed by atoms with van der Waals surface area (Å²) in [5.41, 5.74) is 1.15. The number of hydrogen-bond donors (Lipinski definition) is 1. The quantitative estimate of drug-likeness (QED) is 0.306. The van der Waals surface area contributed by atoms with E-state index in [-0.39, 0.29) is 24.5 Å². The highest BCUT2D eigenvalue weighted by Gasteiger charge is 2.46. The number of likely N-dealkylation sites (tertiary alicyclic amines) is 1. The number of aliphatic hydroxyl groups is 1. The van der Waals surface area contributed by atoms with Crippen molar-refractivity contribution in [3.63, 3.8) is 0 Å². The van der Waals surface area contributed by atoms with Crippen LogP contribution in [-0.4, -0.2) is 55.7 Å². The zero-order chi connectivity index (χ0) is 24.2. The standard InChI is InChI=1S/C27H27NO6/c1-4-34-22-16-18(12-13-21(22)33-3)24-23(26(30)27(31)28(24)14-15-32-2)25(29)20-11-7-9-17-8-5-6-10-19(17)20/h5-13,16,24,29H,4,14-15H2,1-3H3/b25-23+. The first kappa shape index (κ1) is 23.3. The van der Waals surface area contributed by atoms with Crippen molar-refractivity contribution < 1.29 is 28.9 Å². The number of ether oxygens (including phenoxy) is 3. The predicted molar refractivity (Wildman–Crippen MR) is 129 cm³/mol. The molecule has 1 N–H and O–H groups in total. The number of carbonyl (C=O) groups excluding carboxylic acids is 2. The lowest BCUT2D eigenvalue weighted by atomic mass is 9.93. The van der Waals surface area contributed by atoms with Crippen LogP contribution in [0.4, 0.5) is 0 Å². The number of methoxy groups -OCH3 is 2. The minimum absolute atomic E-state index is 0.0325. The molecule has 34 heavy (non-hydrogen) atoms. The smallest absolute Gasteiger partial charge is 0.295 e. The van der Waals surface area contributed by atoms with Crippen molar-refractivity contribution in [1.29, 1.82) is 0 Å². The molecule has 7 nitrogen and oxygen atoms in total. The van der Waals surface area contributed by atoms with Gasteiger partial charge in [0, 0.05) is 19.2 Å². The number of fused-ring (bicyclic) bond motifs is 1. The molecule has 1 aliphatic rings. The van der Waals surface area contributed by atoms with E-state index >= 15 is 0 Å². The second kappa shape index (κ2) is 9.97. The number of nitrogens with zero attached hydrogens (tertiary/aromatic N) is 1. The van der Waals surface area contributed by atoms with Gasteiger partial charge in [0.05, 0.1) is 31.9 Å². The molecule has 176 valence electrons. The van der Waals surface area contributed by atoms with E-state index in [2.05, 4.69) is 0 Å². The molecule has 1 fully saturated rings. The summed E-state index contributed by atoms with van der Waals surface area (Å²) in [5.74, 6) is -0.606. The summed E-state index contributed by atoms with van der Waals surface area (Å²) >= 11 is 0. The van der Waals surface area contributed by atoms with Crippen LogP contribution in [0.3, 0.4) is 0 Å². The fourth-order valence-corrected chi connectivity index (χ4v) is 4.36. The Labute approximate surface area is 198 Å². The Kier molecular flexibility index (Phi) is 6.84. The molecule has 0 spiro atoms. The van der Waals surface area contributed by atoms with Gasteiger partial charge in [-0.05, 0) is 35.4 Å². The first-order valence-electron chi connectivity index (χ1n) is 11.1. The van der Waals surface area contributed by atoms with Crippen molar-refractivity contribution in [3.8, 4) is 11.5 Å². The molecular formula is C27H27NO6. The van der Waals surface area contributed by atoms with Gasteiger partial charge in [-0.2, -0.15) is 0 Å². The maximum Gasteiger partial charge on any atom is 0.295 e. The molecular weight excluding hydrogens is 434 g/mol. The summed E-state index contributed by atoms with van der Waals surface area (Å²) in [7, 11) is 3.07. The lowest BCUT2D eigenvalue weighted by Crippen LogP contribution is -2.32. The monoisotopic (exact) mass is 461 g/mol. The SMILES string of the molecule is CCOc1cc(C2/C(=C(\O)c3cccc4ccccc34)C(=O)C(=O)N2CCOC)ccc1OC. The molecule has 0 radical (unpaired) electrons. The van der Waals surface area contributed by atoms with Gasteiger partial charge in [-0.15, -0.1) is 0 Å². The molecule has 1 heterocycles. The number of carbonyl (C=O) groups is 2. The van der Waals surface area contributed by atoms with Crippen molar-refractivity contribution in [2.45, 2.75) is 13.0 Å². The Bertz CT molecular complexity index is 1260. The van der Waals surface area contributed by atoms with E-state index in [4.69, 9.17) is 14.2 Å². The minimum atomic E-state index is -0.806. The summed E-state index contributed by atoms with van der Waals surface area (Å²) in [6.45, 7) is 2.71. The molecule has 0 aliphatic carbocycles. The molecule has 7 heteroatoms. The molecule has 1 amide bonds. The fraction of sp³-hybridized carbons (Fsp3) is 0.259. The lowest BCUT2D eigenvalue weighted by molar-refractivity contribution is -0.140. The Balaban J connectivity index is 1.93. The van der Waals surface area contributed by atoms with Crippen molar-refractivity contribution in [2.75, 3.05) is 34.0 Å². The summed E-state index contributed by atoms with van der Waals surface area (Å²) in [5, 5.41) is 13.2. The third-order valence-electron chi connectivity index (χ3n) is 5.92. The number of benzene rings is 3. The topological polar surface area (TPSA) is 85.3 Å². The van der Waals surface area contributed by atoms with Gasteiger partial charge in [0.15, 0.2) is 11.5 Å². The van der Waals surface area contributed by atoms with Crippen LogP contribution in [0.5, 0.6) is 11.5 Å². The second-order valence-corrected chi connectivity index (χ2v) is 7.86. The van der Waals surface area contributed by atoms with E-state index in [0.29, 0.717) is 29.2 Å². The first-order chi connectivity index (χ1) is 16.5. The lowest BCUT2D eigenvalue weighted by Gasteiger charge is -2.26. The van der Waals surface area contributed by atoms with E-state index in [0.717, 1.165) is 10.8 Å². The van der Waals surface area contributed by atoms with E-state index in [9.17, 15) is 14.7 Å². The molecule has 0 aromatic heterocycles. The number of amides is 1. The number of hydrogen-bond acceptors (Lipinski definition) is 6. The third kappa shape index (κ3) is 4.10. The van der Waals surface area contributed by atoms with Crippen molar-refractivity contribution in [3.05, 3.63) is 77.4 Å². The predicted octanol–water partition coefficient (Wildman–Crippen LogP) is 4.32. The van der Waals surface area contributed by atoms with Gasteiger partial charge in [0.25, 0.3) is 11.7 Å². The highest BCUT2D eigenvalue weighted by Crippen LogP contribution is 2.42. The van der Waals surface area contributed by atoms with Gasteiger partial charge in [-0.1, -0.05) is 48.5 Å². The Morgan fingerprint density at radius 2 is 1.76 bits per heavy atom. The first-order valence-corrected chi connectivity index (χ1v) is 11.1. The van der Waals surface area contributed by atoms with Gasteiger partial charge in [0.1, 0.15) is 5.76 Å². The Hall–Kier alpha value is -3.84. The molecule has 1 atom stereocenters. The van der Waals surface area contributed by atoms with Crippen LogP contribution in [0.1, 0.15) is 24.1 Å². The van der Waals surface area contributed by atoms with Gasteiger partial charge in [-0.25, -0.2) is 0 Å². The molecule has 0 bridgehead atoms. The van der Waals surface area contributed by atoms with E-state index < -0.39 is 17.7 Å². The number of ketones is 1. The highest BCUT2D eigenvalue weighted by molar-refractivity contribution is 6.46. The van der Waals surface area contributed by atoms with Crippen LogP contribution >= 0.6 is 0 Å². The van der Waals surface area contributed by atoms with Crippen LogP contribution in [-0.2, 0) is 14.3 Å². The average Bonchev–Trinajstić information content (AvgIpc) is 3.11. The maximum absolute atomic E-state index is 13.2. The molecule has 1 aliphatic heterocycles. The largest absolute Gasteiger partial charge is 0.507 e. The molecule has 1 saturated heterocycles. The van der Waals surface area contributed by atoms with Crippen LogP contribution < -0.4 is 9.47 Å². The highest BCUT2D eigenvalue weighted by atomic mass is 16.5. The summed E-state index contributed by atoms with van der Waals surface area (Å²) in [6, 6.07) is 17.5. The molecule has 3 aromatic carbocycles. The van der Waals surface area contributed by atoms with Gasteiger partial charge in [0.2, 0.25) is 0 Å². The molecule has 4 rings (SSSR count). The van der Waals surface area contributed by atoms with Gasteiger partial charge in [-0.3, -0.25) is 9.59 Å². The normalized spacial score (nSPS) is 17.4. The Morgan fingerprint density at radius 1 is 1.00 bits per heavy atom. The van der Waals surface area contributed by atoms with Crippen LogP contribution in [0.2, 0.25) is 0 Å². The molecule has 3 aromatic rings. The molecule has 1 unspecified atom stereocenters. The van der Waals surface area contributed by atoms with Crippen molar-refractivity contribution >= 4 is 28.2 Å². The number of aliphatic hydroxyl groups excluding tert-OH is 1. The zero-order valence-corrected chi connectivity index (χ0v) is 19.4. The van der Waals surface area contributed by atoms with Crippen LogP contribution in [0.15, 0.2) is 66.2 Å². The van der Waals surface area contributed by atoms with Crippen LogP contribution in [0.25, 0.3) is 16.5 Å².